The number of rotatable bonds is 6. The molecule has 12 rings (SSSR count). The number of furan rings is 2. The molecule has 0 unspecified atom stereocenters. The highest BCUT2D eigenvalue weighted by Crippen LogP contribution is 2.50. The predicted octanol–water partition coefficient (Wildman–Crippen LogP) is 15.4. The van der Waals surface area contributed by atoms with Gasteiger partial charge in [0.25, 0.3) is 0 Å². The average Bonchev–Trinajstić information content (AvgIpc) is 3.97. The van der Waals surface area contributed by atoms with Crippen molar-refractivity contribution in [2.45, 2.75) is 0 Å². The summed E-state index contributed by atoms with van der Waals surface area (Å²) in [6.45, 7) is 0. The van der Waals surface area contributed by atoms with E-state index < -0.39 is 0 Å². The van der Waals surface area contributed by atoms with E-state index in [9.17, 15) is 0 Å². The Kier molecular flexibility index (Phi) is 7.20. The van der Waals surface area contributed by atoms with Gasteiger partial charge in [0.05, 0.1) is 33.2 Å². The number of benzene rings is 9. The summed E-state index contributed by atoms with van der Waals surface area (Å²) in [5, 5.41) is 6.45. The molecule has 3 aromatic heterocycles. The molecule has 0 bridgehead atoms. The maximum atomic E-state index is 7.20. The molecule has 12 aromatic rings. The fourth-order valence-corrected chi connectivity index (χ4v) is 9.06. The summed E-state index contributed by atoms with van der Waals surface area (Å²) in [6, 6.07) is 73.0. The molecule has 58 heavy (non-hydrogen) atoms. The van der Waals surface area contributed by atoms with Gasteiger partial charge in [-0.3, -0.25) is 0 Å². The quantitative estimate of drug-likeness (QED) is 0.170. The Morgan fingerprint density at radius 3 is 1.67 bits per heavy atom. The van der Waals surface area contributed by atoms with E-state index in [-0.39, 0.29) is 0 Å². The Morgan fingerprint density at radius 2 is 0.931 bits per heavy atom. The van der Waals surface area contributed by atoms with Gasteiger partial charge in [-0.15, -0.1) is 0 Å². The molecular formula is C54H34N2O2. The number of para-hydroxylation sites is 4. The minimum Gasteiger partial charge on any atom is -0.456 e. The molecule has 0 aliphatic carbocycles. The van der Waals surface area contributed by atoms with Crippen LogP contribution in [0.5, 0.6) is 0 Å². The molecule has 272 valence electrons. The van der Waals surface area contributed by atoms with E-state index in [1.165, 1.54) is 16.3 Å². The van der Waals surface area contributed by atoms with Gasteiger partial charge in [0.1, 0.15) is 22.4 Å². The first kappa shape index (κ1) is 32.4. The van der Waals surface area contributed by atoms with Crippen molar-refractivity contribution in [1.29, 1.82) is 0 Å². The van der Waals surface area contributed by atoms with Gasteiger partial charge in [-0.05, 0) is 71.3 Å². The first-order valence-electron chi connectivity index (χ1n) is 19.7. The fraction of sp³-hybridized carbons (Fsp3) is 0. The smallest absolute Gasteiger partial charge is 0.160 e. The van der Waals surface area contributed by atoms with E-state index in [1.807, 2.05) is 6.07 Å². The van der Waals surface area contributed by atoms with Gasteiger partial charge < -0.3 is 18.3 Å². The van der Waals surface area contributed by atoms with Crippen molar-refractivity contribution in [3.05, 3.63) is 206 Å². The van der Waals surface area contributed by atoms with Crippen LogP contribution in [0.15, 0.2) is 215 Å². The summed E-state index contributed by atoms with van der Waals surface area (Å²) < 4.78 is 16.4. The molecule has 4 heteroatoms. The third-order valence-corrected chi connectivity index (χ3v) is 11.6. The van der Waals surface area contributed by atoms with E-state index in [4.69, 9.17) is 8.83 Å². The second-order valence-electron chi connectivity index (χ2n) is 14.8. The van der Waals surface area contributed by atoms with Gasteiger partial charge in [0.2, 0.25) is 0 Å². The lowest BCUT2D eigenvalue weighted by Gasteiger charge is -2.28. The van der Waals surface area contributed by atoms with Gasteiger partial charge in [-0.2, -0.15) is 0 Å². The van der Waals surface area contributed by atoms with E-state index in [0.29, 0.717) is 0 Å². The largest absolute Gasteiger partial charge is 0.456 e. The molecule has 0 amide bonds. The molecule has 0 N–H and O–H groups in total. The van der Waals surface area contributed by atoms with E-state index in [1.54, 1.807) is 0 Å². The van der Waals surface area contributed by atoms with Crippen LogP contribution in [-0.4, -0.2) is 4.57 Å². The number of hydrogen-bond donors (Lipinski definition) is 0. The maximum absolute atomic E-state index is 7.20. The van der Waals surface area contributed by atoms with Crippen molar-refractivity contribution in [3.63, 3.8) is 0 Å². The number of fused-ring (bicyclic) bond motifs is 9. The Hall–Kier alpha value is -7.82. The third-order valence-electron chi connectivity index (χ3n) is 11.6. The topological polar surface area (TPSA) is 34.5 Å². The van der Waals surface area contributed by atoms with E-state index >= 15 is 0 Å². The zero-order chi connectivity index (χ0) is 38.2. The third kappa shape index (κ3) is 4.88. The summed E-state index contributed by atoms with van der Waals surface area (Å²) in [5.41, 5.74) is 14.2. The van der Waals surface area contributed by atoms with Crippen molar-refractivity contribution in [2.24, 2.45) is 0 Å². The molecule has 4 nitrogen and oxygen atoms in total. The predicted molar refractivity (Wildman–Crippen MR) is 241 cm³/mol. The van der Waals surface area contributed by atoms with Gasteiger partial charge >= 0.3 is 0 Å². The highest BCUT2D eigenvalue weighted by atomic mass is 16.3. The lowest BCUT2D eigenvalue weighted by atomic mass is 10.00. The van der Waals surface area contributed by atoms with Crippen molar-refractivity contribution < 1.29 is 8.83 Å². The molecule has 0 aliphatic heterocycles. The number of anilines is 3. The minimum atomic E-state index is 0.801. The van der Waals surface area contributed by atoms with Crippen LogP contribution in [0.2, 0.25) is 0 Å². The maximum Gasteiger partial charge on any atom is 0.160 e. The second kappa shape index (κ2) is 12.9. The number of nitrogens with zero attached hydrogens (tertiary/aromatic N) is 2. The van der Waals surface area contributed by atoms with Crippen LogP contribution < -0.4 is 4.90 Å². The number of aromatic nitrogens is 1. The molecule has 9 aromatic carbocycles. The van der Waals surface area contributed by atoms with Crippen LogP contribution in [0.4, 0.5) is 17.1 Å². The SMILES string of the molecule is c1ccc(-c2ccc(N(c3ccccc3-c3ccccc3)c3cccc4oc5c(-n6c7ccccc7c7ccccc76)c6c(cc5c34)oc3ccccc36)cc2)cc1. The van der Waals surface area contributed by atoms with Crippen LogP contribution in [0.1, 0.15) is 0 Å². The average molecular weight is 743 g/mol. The molecule has 0 atom stereocenters. The van der Waals surface area contributed by atoms with Crippen LogP contribution in [-0.2, 0) is 0 Å². The second-order valence-corrected chi connectivity index (χ2v) is 14.8. The van der Waals surface area contributed by atoms with E-state index in [0.717, 1.165) is 94.4 Å². The summed E-state index contributed by atoms with van der Waals surface area (Å²) in [7, 11) is 0. The van der Waals surface area contributed by atoms with Gasteiger partial charge in [-0.25, -0.2) is 0 Å². The lowest BCUT2D eigenvalue weighted by Crippen LogP contribution is -2.11. The van der Waals surface area contributed by atoms with Crippen LogP contribution in [0.3, 0.4) is 0 Å². The molecule has 0 spiro atoms. The Balaban J connectivity index is 1.20. The van der Waals surface area contributed by atoms with Crippen molar-refractivity contribution >= 4 is 82.7 Å². The summed E-state index contributed by atoms with van der Waals surface area (Å²) >= 11 is 0. The molecule has 3 heterocycles. The zero-order valence-electron chi connectivity index (χ0n) is 31.3. The number of hydrogen-bond acceptors (Lipinski definition) is 3. The normalized spacial score (nSPS) is 11.8. The van der Waals surface area contributed by atoms with Crippen molar-refractivity contribution in [3.8, 4) is 27.9 Å². The molecule has 0 saturated carbocycles. The zero-order valence-corrected chi connectivity index (χ0v) is 31.3. The monoisotopic (exact) mass is 742 g/mol. The highest BCUT2D eigenvalue weighted by molar-refractivity contribution is 6.25. The van der Waals surface area contributed by atoms with Gasteiger partial charge in [-0.1, -0.05) is 152 Å². The van der Waals surface area contributed by atoms with E-state index in [2.05, 4.69) is 210 Å². The Morgan fingerprint density at radius 1 is 0.362 bits per heavy atom. The highest BCUT2D eigenvalue weighted by Gasteiger charge is 2.27. The molecule has 0 aliphatic rings. The lowest BCUT2D eigenvalue weighted by molar-refractivity contribution is 0.662. The first-order chi connectivity index (χ1) is 28.8. The molecule has 0 saturated heterocycles. The van der Waals surface area contributed by atoms with Crippen LogP contribution in [0, 0.1) is 0 Å². The fourth-order valence-electron chi connectivity index (χ4n) is 9.06. The Bertz CT molecular complexity index is 3450. The van der Waals surface area contributed by atoms with Crippen LogP contribution in [0.25, 0.3) is 93.6 Å². The van der Waals surface area contributed by atoms with Gasteiger partial charge in [0.15, 0.2) is 5.58 Å². The summed E-state index contributed by atoms with van der Waals surface area (Å²) in [6.07, 6.45) is 0. The minimum absolute atomic E-state index is 0.801. The summed E-state index contributed by atoms with van der Waals surface area (Å²) in [4.78, 5) is 2.39. The molecular weight excluding hydrogens is 709 g/mol. The molecule has 0 radical (unpaired) electrons. The molecule has 0 fully saturated rings. The van der Waals surface area contributed by atoms with Crippen molar-refractivity contribution in [1.82, 2.24) is 4.57 Å². The van der Waals surface area contributed by atoms with Crippen LogP contribution >= 0.6 is 0 Å². The van der Waals surface area contributed by atoms with Crippen molar-refractivity contribution in [2.75, 3.05) is 4.90 Å². The summed E-state index contributed by atoms with van der Waals surface area (Å²) in [5.74, 6) is 0. The standard InChI is InChI=1S/C54H34N2O2/c1-3-16-35(17-4-1)36-30-32-38(33-31-36)55(44-24-11-7-20-39(44)37-18-5-2-6-19-37)47-27-15-29-49-51(47)43-34-50-52(42-23-10-14-28-48(42)57-50)53(54(43)58-49)56-45-25-12-8-21-40(45)41-22-9-13-26-46(41)56/h1-34H. The Labute approximate surface area is 334 Å². The first-order valence-corrected chi connectivity index (χ1v) is 19.7. The van der Waals surface area contributed by atoms with Gasteiger partial charge in [0, 0.05) is 32.8 Å².